The van der Waals surface area contributed by atoms with Crippen LogP contribution in [0.3, 0.4) is 0 Å². The van der Waals surface area contributed by atoms with Crippen molar-refractivity contribution in [3.63, 3.8) is 0 Å². The fourth-order valence-corrected chi connectivity index (χ4v) is 3.30. The molecule has 2 aromatic rings. The first-order valence-corrected chi connectivity index (χ1v) is 8.52. The summed E-state index contributed by atoms with van der Waals surface area (Å²) in [6.07, 6.45) is 0.776. The zero-order chi connectivity index (χ0) is 15.6. The third-order valence-electron chi connectivity index (χ3n) is 3.30. The number of sulfonamides is 1. The summed E-state index contributed by atoms with van der Waals surface area (Å²) in [7, 11) is -3.66. The second kappa shape index (κ2) is 5.88. The molecule has 0 bridgehead atoms. The summed E-state index contributed by atoms with van der Waals surface area (Å²) in [5, 5.41) is 0. The second-order valence-electron chi connectivity index (χ2n) is 5.13. The van der Waals surface area contributed by atoms with E-state index in [1.165, 1.54) is 12.1 Å². The fraction of sp³-hybridized carbons (Fsp3) is 0.250. The Kier molecular flexibility index (Phi) is 3.94. The maximum Gasteiger partial charge on any atom is 0.262 e. The zero-order valence-electron chi connectivity index (χ0n) is 12.2. The molecule has 22 heavy (non-hydrogen) atoms. The van der Waals surface area contributed by atoms with Crippen LogP contribution in [-0.2, 0) is 10.0 Å². The van der Waals surface area contributed by atoms with Crippen molar-refractivity contribution in [2.24, 2.45) is 0 Å². The van der Waals surface area contributed by atoms with E-state index in [-0.39, 0.29) is 4.90 Å². The molecule has 0 radical (unpaired) electrons. The van der Waals surface area contributed by atoms with Crippen LogP contribution in [0.4, 0.5) is 5.69 Å². The van der Waals surface area contributed by atoms with Crippen molar-refractivity contribution >= 4 is 15.7 Å². The van der Waals surface area contributed by atoms with Gasteiger partial charge in [-0.15, -0.1) is 0 Å². The first-order chi connectivity index (χ1) is 10.5. The molecular weight excluding hydrogens is 302 g/mol. The van der Waals surface area contributed by atoms with Gasteiger partial charge in [-0.25, -0.2) is 8.42 Å². The summed E-state index contributed by atoms with van der Waals surface area (Å²) in [6, 6.07) is 11.9. The van der Waals surface area contributed by atoms with Crippen LogP contribution in [0.1, 0.15) is 12.0 Å². The quantitative estimate of drug-likeness (QED) is 0.944. The molecule has 0 unspecified atom stereocenters. The highest BCUT2D eigenvalue weighted by molar-refractivity contribution is 7.92. The van der Waals surface area contributed by atoms with Gasteiger partial charge in [0.05, 0.1) is 18.1 Å². The predicted octanol–water partition coefficient (Wildman–Crippen LogP) is 2.96. The van der Waals surface area contributed by atoms with Crippen molar-refractivity contribution in [2.45, 2.75) is 18.2 Å². The van der Waals surface area contributed by atoms with E-state index in [1.807, 2.05) is 13.0 Å². The van der Waals surface area contributed by atoms with Gasteiger partial charge in [0.1, 0.15) is 0 Å². The first kappa shape index (κ1) is 14.7. The number of benzene rings is 2. The molecule has 0 amide bonds. The Morgan fingerprint density at radius 2 is 1.77 bits per heavy atom. The molecule has 116 valence electrons. The molecule has 0 aliphatic carbocycles. The number of rotatable bonds is 3. The van der Waals surface area contributed by atoms with Gasteiger partial charge in [-0.3, -0.25) is 4.72 Å². The van der Waals surface area contributed by atoms with Crippen molar-refractivity contribution in [1.29, 1.82) is 0 Å². The van der Waals surface area contributed by atoms with E-state index in [4.69, 9.17) is 9.47 Å². The number of hydrogen-bond acceptors (Lipinski definition) is 4. The molecule has 6 heteroatoms. The van der Waals surface area contributed by atoms with E-state index in [9.17, 15) is 8.42 Å². The zero-order valence-corrected chi connectivity index (χ0v) is 13.0. The van der Waals surface area contributed by atoms with Crippen LogP contribution < -0.4 is 14.2 Å². The monoisotopic (exact) mass is 319 g/mol. The highest BCUT2D eigenvalue weighted by Crippen LogP contribution is 2.32. The normalized spacial score (nSPS) is 14.2. The molecule has 1 aliphatic rings. The van der Waals surface area contributed by atoms with Gasteiger partial charge in [0, 0.05) is 18.2 Å². The lowest BCUT2D eigenvalue weighted by molar-refractivity contribution is 0.297. The lowest BCUT2D eigenvalue weighted by Crippen LogP contribution is -2.13. The van der Waals surface area contributed by atoms with Crippen LogP contribution in [0.5, 0.6) is 11.5 Å². The average Bonchev–Trinajstić information content (AvgIpc) is 2.71. The molecule has 3 rings (SSSR count). The molecule has 5 nitrogen and oxygen atoms in total. The highest BCUT2D eigenvalue weighted by Gasteiger charge is 2.18. The Bertz CT molecular complexity index is 786. The van der Waals surface area contributed by atoms with Crippen LogP contribution in [0.15, 0.2) is 47.4 Å². The predicted molar refractivity (Wildman–Crippen MR) is 84.0 cm³/mol. The lowest BCUT2D eigenvalue weighted by atomic mass is 10.2. The lowest BCUT2D eigenvalue weighted by Gasteiger charge is -2.11. The van der Waals surface area contributed by atoms with Crippen molar-refractivity contribution in [1.82, 2.24) is 0 Å². The molecule has 0 saturated carbocycles. The molecule has 2 aromatic carbocycles. The van der Waals surface area contributed by atoms with Crippen LogP contribution in [0.25, 0.3) is 0 Å². The van der Waals surface area contributed by atoms with Crippen LogP contribution in [0, 0.1) is 6.92 Å². The van der Waals surface area contributed by atoms with Gasteiger partial charge in [-0.05, 0) is 36.8 Å². The van der Waals surface area contributed by atoms with E-state index in [2.05, 4.69) is 4.72 Å². The number of anilines is 1. The summed E-state index contributed by atoms with van der Waals surface area (Å²) in [6.45, 7) is 2.99. The Labute approximate surface area is 129 Å². The van der Waals surface area contributed by atoms with Gasteiger partial charge in [0.2, 0.25) is 0 Å². The third kappa shape index (κ3) is 3.17. The van der Waals surface area contributed by atoms with Gasteiger partial charge in [0.25, 0.3) is 10.0 Å². The minimum atomic E-state index is -3.66. The summed E-state index contributed by atoms with van der Waals surface area (Å²) in [4.78, 5) is 0.151. The van der Waals surface area contributed by atoms with Gasteiger partial charge < -0.3 is 9.47 Å². The number of nitrogens with one attached hydrogen (secondary N) is 1. The molecule has 0 spiro atoms. The topological polar surface area (TPSA) is 64.6 Å². The van der Waals surface area contributed by atoms with Crippen molar-refractivity contribution in [2.75, 3.05) is 17.9 Å². The number of ether oxygens (including phenoxy) is 2. The van der Waals surface area contributed by atoms with Crippen molar-refractivity contribution in [3.05, 3.63) is 48.0 Å². The smallest absolute Gasteiger partial charge is 0.262 e. The summed E-state index contributed by atoms with van der Waals surface area (Å²) in [5.74, 6) is 1.04. The number of fused-ring (bicyclic) bond motifs is 1. The standard InChI is InChI=1S/C16H17NO4S/c1-12-4-2-5-13(10-12)17-22(18,19)14-6-7-15-16(11-14)21-9-3-8-20-15/h2,4-7,10-11,17H,3,8-9H2,1H3. The van der Waals surface area contributed by atoms with E-state index >= 15 is 0 Å². The van der Waals surface area contributed by atoms with E-state index in [1.54, 1.807) is 24.3 Å². The van der Waals surface area contributed by atoms with Gasteiger partial charge in [-0.1, -0.05) is 12.1 Å². The third-order valence-corrected chi connectivity index (χ3v) is 4.68. The summed E-state index contributed by atoms with van der Waals surface area (Å²) >= 11 is 0. The minimum absolute atomic E-state index is 0.151. The van der Waals surface area contributed by atoms with Crippen molar-refractivity contribution < 1.29 is 17.9 Å². The summed E-state index contributed by atoms with van der Waals surface area (Å²) < 4.78 is 38.6. The molecular formula is C16H17NO4S. The van der Waals surface area contributed by atoms with Gasteiger partial charge >= 0.3 is 0 Å². The van der Waals surface area contributed by atoms with Crippen molar-refractivity contribution in [3.8, 4) is 11.5 Å². The highest BCUT2D eigenvalue weighted by atomic mass is 32.2. The maximum absolute atomic E-state index is 12.5. The van der Waals surface area contributed by atoms with E-state index < -0.39 is 10.0 Å². The number of aryl methyl sites for hydroxylation is 1. The Morgan fingerprint density at radius 1 is 1.00 bits per heavy atom. The molecule has 0 aromatic heterocycles. The van der Waals surface area contributed by atoms with Crippen LogP contribution >= 0.6 is 0 Å². The average molecular weight is 319 g/mol. The molecule has 1 heterocycles. The van der Waals surface area contributed by atoms with Gasteiger partial charge in [-0.2, -0.15) is 0 Å². The van der Waals surface area contributed by atoms with Crippen LogP contribution in [0.2, 0.25) is 0 Å². The molecule has 1 aliphatic heterocycles. The Balaban J connectivity index is 1.90. The Morgan fingerprint density at radius 3 is 2.55 bits per heavy atom. The van der Waals surface area contributed by atoms with Crippen LogP contribution in [-0.4, -0.2) is 21.6 Å². The first-order valence-electron chi connectivity index (χ1n) is 7.04. The molecule has 0 fully saturated rings. The largest absolute Gasteiger partial charge is 0.490 e. The SMILES string of the molecule is Cc1cccc(NS(=O)(=O)c2ccc3c(c2)OCCCO3)c1. The fourth-order valence-electron chi connectivity index (χ4n) is 2.23. The van der Waals surface area contributed by atoms with E-state index in [0.717, 1.165) is 12.0 Å². The summed E-state index contributed by atoms with van der Waals surface area (Å²) in [5.41, 5.74) is 1.52. The van der Waals surface area contributed by atoms with E-state index in [0.29, 0.717) is 30.4 Å². The molecule has 0 saturated heterocycles. The molecule has 1 N–H and O–H groups in total. The molecule has 0 atom stereocenters. The maximum atomic E-state index is 12.5. The Hall–Kier alpha value is -2.21. The number of hydrogen-bond donors (Lipinski definition) is 1. The minimum Gasteiger partial charge on any atom is -0.490 e. The van der Waals surface area contributed by atoms with Gasteiger partial charge in [0.15, 0.2) is 11.5 Å². The second-order valence-corrected chi connectivity index (χ2v) is 6.82.